The van der Waals surface area contributed by atoms with Crippen molar-refractivity contribution in [3.63, 3.8) is 0 Å². The molecule has 162 valence electrons. The molecule has 1 heterocycles. The number of oxazole rings is 1. The van der Waals surface area contributed by atoms with Crippen LogP contribution in [0.2, 0.25) is 0 Å². The molecule has 0 saturated carbocycles. The Morgan fingerprint density at radius 1 is 0.906 bits per heavy atom. The van der Waals surface area contributed by atoms with Crippen molar-refractivity contribution in [2.45, 2.75) is 38.3 Å². The number of carbonyl (C=O) groups excluding carboxylic acids is 1. The first-order valence-corrected chi connectivity index (χ1v) is 11.5. The van der Waals surface area contributed by atoms with Gasteiger partial charge in [-0.2, -0.15) is 0 Å². The maximum Gasteiger partial charge on any atom is 0.255 e. The van der Waals surface area contributed by atoms with E-state index in [1.54, 1.807) is 23.9 Å². The molecule has 3 aromatic carbocycles. The first-order valence-electron chi connectivity index (χ1n) is 10.5. The number of carbonyl (C=O) groups is 1. The minimum Gasteiger partial charge on any atom is -0.441 e. The zero-order valence-electron chi connectivity index (χ0n) is 18.7. The highest BCUT2D eigenvalue weighted by atomic mass is 32.2. The van der Waals surface area contributed by atoms with Crippen molar-refractivity contribution in [2.24, 2.45) is 0 Å². The number of aryl methyl sites for hydroxylation is 4. The van der Waals surface area contributed by atoms with Gasteiger partial charge in [0.25, 0.3) is 5.91 Å². The van der Waals surface area contributed by atoms with E-state index in [4.69, 9.17) is 4.42 Å². The second-order valence-corrected chi connectivity index (χ2v) is 9.02. The lowest BCUT2D eigenvalue weighted by atomic mass is 10.1. The first-order chi connectivity index (χ1) is 15.4. The molecular formula is C27H26N2O2S. The molecule has 4 rings (SSSR count). The summed E-state index contributed by atoms with van der Waals surface area (Å²) in [5.41, 5.74) is 6.66. The van der Waals surface area contributed by atoms with Gasteiger partial charge in [0.05, 0.1) is 5.69 Å². The largest absolute Gasteiger partial charge is 0.441 e. The molecule has 0 aliphatic carbocycles. The van der Waals surface area contributed by atoms with Crippen LogP contribution >= 0.6 is 11.8 Å². The van der Waals surface area contributed by atoms with Gasteiger partial charge < -0.3 is 9.73 Å². The summed E-state index contributed by atoms with van der Waals surface area (Å²) >= 11 is 1.74. The Morgan fingerprint density at radius 3 is 2.28 bits per heavy atom. The predicted molar refractivity (Wildman–Crippen MR) is 131 cm³/mol. The number of hydrogen-bond acceptors (Lipinski definition) is 4. The van der Waals surface area contributed by atoms with E-state index in [1.165, 1.54) is 16.0 Å². The number of rotatable bonds is 6. The molecule has 0 fully saturated rings. The smallest absolute Gasteiger partial charge is 0.255 e. The number of aromatic nitrogens is 1. The molecule has 1 N–H and O–H groups in total. The van der Waals surface area contributed by atoms with E-state index < -0.39 is 0 Å². The van der Waals surface area contributed by atoms with E-state index in [-0.39, 0.29) is 5.91 Å². The molecule has 1 amide bonds. The van der Waals surface area contributed by atoms with E-state index >= 15 is 0 Å². The van der Waals surface area contributed by atoms with Crippen LogP contribution in [0.25, 0.3) is 11.5 Å². The van der Waals surface area contributed by atoms with Crippen molar-refractivity contribution in [3.8, 4) is 11.5 Å². The molecule has 0 atom stereocenters. The Kier molecular flexibility index (Phi) is 6.47. The molecule has 0 unspecified atom stereocenters. The molecule has 0 aliphatic rings. The van der Waals surface area contributed by atoms with Gasteiger partial charge in [-0.3, -0.25) is 4.79 Å². The topological polar surface area (TPSA) is 55.1 Å². The molecule has 5 heteroatoms. The lowest BCUT2D eigenvalue weighted by Crippen LogP contribution is -2.12. The minimum absolute atomic E-state index is 0.137. The van der Waals surface area contributed by atoms with Crippen molar-refractivity contribution >= 4 is 23.4 Å². The number of benzene rings is 3. The van der Waals surface area contributed by atoms with Crippen molar-refractivity contribution < 1.29 is 9.21 Å². The molecule has 0 radical (unpaired) electrons. The van der Waals surface area contributed by atoms with Gasteiger partial charge in [0.15, 0.2) is 0 Å². The van der Waals surface area contributed by atoms with Crippen LogP contribution < -0.4 is 5.32 Å². The average molecular weight is 443 g/mol. The maximum atomic E-state index is 12.6. The fourth-order valence-electron chi connectivity index (χ4n) is 3.38. The van der Waals surface area contributed by atoms with E-state index in [0.29, 0.717) is 11.5 Å². The number of thioether (sulfide) groups is 1. The van der Waals surface area contributed by atoms with Crippen LogP contribution in [0.15, 0.2) is 76.0 Å². The number of amides is 1. The zero-order chi connectivity index (χ0) is 22.7. The quantitative estimate of drug-likeness (QED) is 0.323. The number of anilines is 1. The molecule has 32 heavy (non-hydrogen) atoms. The van der Waals surface area contributed by atoms with Crippen LogP contribution in [0.3, 0.4) is 0 Å². The highest BCUT2D eigenvalue weighted by Crippen LogP contribution is 2.28. The third-order valence-corrected chi connectivity index (χ3v) is 6.34. The fourth-order valence-corrected chi connectivity index (χ4v) is 4.28. The molecular weight excluding hydrogens is 416 g/mol. The summed E-state index contributed by atoms with van der Waals surface area (Å²) in [4.78, 5) is 18.5. The molecule has 4 aromatic rings. The van der Waals surface area contributed by atoms with E-state index in [0.717, 1.165) is 34.0 Å². The summed E-state index contributed by atoms with van der Waals surface area (Å²) in [6, 6.07) is 21.8. The molecule has 0 aliphatic heterocycles. The zero-order valence-corrected chi connectivity index (χ0v) is 19.5. The summed E-state index contributed by atoms with van der Waals surface area (Å²) in [5, 5.41) is 2.98. The Morgan fingerprint density at radius 2 is 1.59 bits per heavy atom. The first kappa shape index (κ1) is 21.9. The SMILES string of the molecule is Cc1ccc(SCc2nc(-c3ccc(C(=O)Nc4ccc(C)cc4C)cc3)oc2C)cc1. The van der Waals surface area contributed by atoms with Gasteiger partial charge in [-0.25, -0.2) is 4.98 Å². The molecule has 0 bridgehead atoms. The minimum atomic E-state index is -0.137. The highest BCUT2D eigenvalue weighted by molar-refractivity contribution is 7.98. The van der Waals surface area contributed by atoms with Gasteiger partial charge in [-0.1, -0.05) is 35.4 Å². The van der Waals surface area contributed by atoms with E-state index in [2.05, 4.69) is 47.6 Å². The van der Waals surface area contributed by atoms with Gasteiger partial charge in [-0.15, -0.1) is 11.8 Å². The lowest BCUT2D eigenvalue weighted by molar-refractivity contribution is 0.102. The average Bonchev–Trinajstić information content (AvgIpc) is 3.16. The van der Waals surface area contributed by atoms with Gasteiger partial charge >= 0.3 is 0 Å². The van der Waals surface area contributed by atoms with Crippen LogP contribution in [0.5, 0.6) is 0 Å². The van der Waals surface area contributed by atoms with Crippen LogP contribution in [-0.4, -0.2) is 10.9 Å². The standard InChI is InChI=1S/C27H26N2O2S/c1-17-5-12-23(13-6-17)32-16-25-20(4)31-27(29-25)22-10-8-21(9-11-22)26(30)28-24-14-7-18(2)15-19(24)3/h5-15H,16H2,1-4H3,(H,28,30). The summed E-state index contributed by atoms with van der Waals surface area (Å²) in [6.07, 6.45) is 0. The second-order valence-electron chi connectivity index (χ2n) is 7.97. The van der Waals surface area contributed by atoms with Gasteiger partial charge in [0.2, 0.25) is 5.89 Å². The van der Waals surface area contributed by atoms with Crippen molar-refractivity contribution in [2.75, 3.05) is 5.32 Å². The Balaban J connectivity index is 1.44. The van der Waals surface area contributed by atoms with Crippen molar-refractivity contribution in [1.82, 2.24) is 4.98 Å². The van der Waals surface area contributed by atoms with E-state index in [9.17, 15) is 4.79 Å². The Bertz CT molecular complexity index is 1240. The summed E-state index contributed by atoms with van der Waals surface area (Å²) in [7, 11) is 0. The van der Waals surface area contributed by atoms with Crippen molar-refractivity contribution in [3.05, 3.63) is 100 Å². The Hall–Kier alpha value is -3.31. The van der Waals surface area contributed by atoms with Gasteiger partial charge in [0.1, 0.15) is 5.76 Å². The summed E-state index contributed by atoms with van der Waals surface area (Å²) < 4.78 is 5.91. The molecule has 4 nitrogen and oxygen atoms in total. The maximum absolute atomic E-state index is 12.6. The summed E-state index contributed by atoms with van der Waals surface area (Å²) in [6.45, 7) is 8.05. The predicted octanol–water partition coefficient (Wildman–Crippen LogP) is 7.12. The molecule has 0 spiro atoms. The van der Waals surface area contributed by atoms with Crippen LogP contribution in [0.1, 0.15) is 38.5 Å². The molecule has 0 saturated heterocycles. The highest BCUT2D eigenvalue weighted by Gasteiger charge is 2.13. The van der Waals surface area contributed by atoms with Crippen molar-refractivity contribution in [1.29, 1.82) is 0 Å². The third kappa shape index (κ3) is 5.11. The number of nitrogens with one attached hydrogen (secondary N) is 1. The number of nitrogens with zero attached hydrogens (tertiary/aromatic N) is 1. The monoisotopic (exact) mass is 442 g/mol. The summed E-state index contributed by atoms with van der Waals surface area (Å²) in [5.74, 6) is 2.00. The van der Waals surface area contributed by atoms with Crippen LogP contribution in [0.4, 0.5) is 5.69 Å². The van der Waals surface area contributed by atoms with Crippen LogP contribution in [0, 0.1) is 27.7 Å². The molecule has 1 aromatic heterocycles. The van der Waals surface area contributed by atoms with Crippen LogP contribution in [-0.2, 0) is 5.75 Å². The Labute approximate surface area is 193 Å². The lowest BCUT2D eigenvalue weighted by Gasteiger charge is -2.09. The van der Waals surface area contributed by atoms with Gasteiger partial charge in [-0.05, 0) is 75.7 Å². The van der Waals surface area contributed by atoms with E-state index in [1.807, 2.05) is 45.0 Å². The fraction of sp³-hybridized carbons (Fsp3) is 0.185. The normalized spacial score (nSPS) is 10.9. The van der Waals surface area contributed by atoms with Gasteiger partial charge in [0, 0.05) is 27.5 Å². The number of hydrogen-bond donors (Lipinski definition) is 1. The third-order valence-electron chi connectivity index (χ3n) is 5.31. The second kappa shape index (κ2) is 9.45.